The Labute approximate surface area is 250 Å². The molecule has 0 radical (unpaired) electrons. The number of nitrogens with zero attached hydrogens (tertiary/aromatic N) is 1. The highest BCUT2D eigenvalue weighted by Gasteiger charge is 2.30. The molecular weight excluding hydrogens is 559 g/mol. The van der Waals surface area contributed by atoms with E-state index in [-0.39, 0.29) is 42.9 Å². The molecule has 2 saturated heterocycles. The smallest absolute Gasteiger partial charge is 0.222 e. The number of halogens is 3. The topological polar surface area (TPSA) is 79.2 Å². The van der Waals surface area contributed by atoms with E-state index in [4.69, 9.17) is 9.47 Å². The fourth-order valence-electron chi connectivity index (χ4n) is 5.93. The maximum absolute atomic E-state index is 14.0. The molecule has 0 saturated carbocycles. The summed E-state index contributed by atoms with van der Waals surface area (Å²) in [7, 11) is 0. The molecule has 0 spiro atoms. The third-order valence-corrected chi connectivity index (χ3v) is 8.22. The van der Waals surface area contributed by atoms with Crippen molar-refractivity contribution in [1.29, 1.82) is 0 Å². The summed E-state index contributed by atoms with van der Waals surface area (Å²) in [5.74, 6) is -2.60. The van der Waals surface area contributed by atoms with Gasteiger partial charge in [-0.1, -0.05) is 43.3 Å². The van der Waals surface area contributed by atoms with Crippen LogP contribution in [0.3, 0.4) is 0 Å². The van der Waals surface area contributed by atoms with Gasteiger partial charge in [0, 0.05) is 44.8 Å². The van der Waals surface area contributed by atoms with Crippen LogP contribution in [0.4, 0.5) is 13.2 Å². The highest BCUT2D eigenvalue weighted by atomic mass is 19.2. The standard InChI is InChI=1S/C34H38F3NO5/c1-21(13-25-17-30(36)31(37)19-29(25)35)14-33(41)38-11-9-28(10-12-38)43-27-7-5-22(6-8-27)15-23-3-2-4-24(16-23)34-32(40)18-26(39)20-42-34/h2-8,16-17,19,21,26,28,32,34,39-40H,9-15,18,20H2,1H3/t21-,26+,32-,34+/m1/s1. The van der Waals surface area contributed by atoms with Crippen LogP contribution >= 0.6 is 0 Å². The summed E-state index contributed by atoms with van der Waals surface area (Å²) in [6, 6.07) is 17.3. The van der Waals surface area contributed by atoms with Crippen LogP contribution in [0, 0.1) is 23.4 Å². The molecular formula is C34H38F3NO5. The summed E-state index contributed by atoms with van der Waals surface area (Å²) < 4.78 is 52.6. The average molecular weight is 598 g/mol. The second kappa shape index (κ2) is 13.9. The summed E-state index contributed by atoms with van der Waals surface area (Å²) in [5.41, 5.74) is 3.17. The van der Waals surface area contributed by atoms with Crippen molar-refractivity contribution in [2.45, 2.75) is 69.9 Å². The number of piperidine rings is 1. The predicted molar refractivity (Wildman–Crippen MR) is 155 cm³/mol. The molecule has 9 heteroatoms. The van der Waals surface area contributed by atoms with Gasteiger partial charge < -0.3 is 24.6 Å². The Kier molecular flexibility index (Phi) is 10.1. The lowest BCUT2D eigenvalue weighted by Gasteiger charge is -2.33. The largest absolute Gasteiger partial charge is 0.490 e. The molecule has 4 atom stereocenters. The molecule has 1 amide bonds. The number of amides is 1. The molecule has 230 valence electrons. The Morgan fingerprint density at radius 2 is 1.70 bits per heavy atom. The van der Waals surface area contributed by atoms with E-state index in [1.165, 1.54) is 0 Å². The van der Waals surface area contributed by atoms with Gasteiger partial charge in [-0.05, 0) is 59.2 Å². The van der Waals surface area contributed by atoms with Crippen molar-refractivity contribution in [1.82, 2.24) is 4.90 Å². The van der Waals surface area contributed by atoms with Gasteiger partial charge in [-0.2, -0.15) is 0 Å². The van der Waals surface area contributed by atoms with E-state index in [0.717, 1.165) is 28.5 Å². The van der Waals surface area contributed by atoms with Gasteiger partial charge in [0.1, 0.15) is 23.8 Å². The van der Waals surface area contributed by atoms with Gasteiger partial charge >= 0.3 is 0 Å². The average Bonchev–Trinajstić information content (AvgIpc) is 2.97. The second-order valence-electron chi connectivity index (χ2n) is 11.8. The molecule has 2 fully saturated rings. The maximum Gasteiger partial charge on any atom is 0.222 e. The fourth-order valence-corrected chi connectivity index (χ4v) is 5.93. The number of carbonyl (C=O) groups is 1. The van der Waals surface area contributed by atoms with Gasteiger partial charge in [0.2, 0.25) is 5.91 Å². The van der Waals surface area contributed by atoms with Crippen molar-refractivity contribution in [3.63, 3.8) is 0 Å². The van der Waals surface area contributed by atoms with Gasteiger partial charge in [0.15, 0.2) is 11.6 Å². The van der Waals surface area contributed by atoms with Gasteiger partial charge in [-0.3, -0.25) is 4.79 Å². The van der Waals surface area contributed by atoms with Crippen molar-refractivity contribution in [2.75, 3.05) is 19.7 Å². The molecule has 0 bridgehead atoms. The summed E-state index contributed by atoms with van der Waals surface area (Å²) in [4.78, 5) is 14.6. The lowest BCUT2D eigenvalue weighted by atomic mass is 9.94. The van der Waals surface area contributed by atoms with Crippen molar-refractivity contribution < 1.29 is 37.7 Å². The van der Waals surface area contributed by atoms with E-state index in [9.17, 15) is 28.2 Å². The monoisotopic (exact) mass is 597 g/mol. The Bertz CT molecular complexity index is 1390. The molecule has 3 aromatic rings. The van der Waals surface area contributed by atoms with Crippen molar-refractivity contribution in [2.24, 2.45) is 5.92 Å². The third kappa shape index (κ3) is 8.16. The number of hydrogen-bond donors (Lipinski definition) is 2. The molecule has 0 unspecified atom stereocenters. The quantitative estimate of drug-likeness (QED) is 0.318. The fraction of sp³-hybridized carbons (Fsp3) is 0.441. The molecule has 0 aliphatic carbocycles. The van der Waals surface area contributed by atoms with Crippen LogP contribution < -0.4 is 4.74 Å². The molecule has 0 aromatic heterocycles. The third-order valence-electron chi connectivity index (χ3n) is 8.22. The van der Waals surface area contributed by atoms with Crippen LogP contribution in [0.15, 0.2) is 60.7 Å². The van der Waals surface area contributed by atoms with Crippen LogP contribution in [-0.4, -0.2) is 59.0 Å². The molecule has 2 aliphatic rings. The van der Waals surface area contributed by atoms with Crippen LogP contribution in [0.1, 0.15) is 61.0 Å². The minimum Gasteiger partial charge on any atom is -0.490 e. The van der Waals surface area contributed by atoms with Crippen molar-refractivity contribution in [3.05, 3.63) is 100 Å². The lowest BCUT2D eigenvalue weighted by molar-refractivity contribution is -0.133. The van der Waals surface area contributed by atoms with Gasteiger partial charge in [-0.25, -0.2) is 13.2 Å². The Balaban J connectivity index is 1.07. The summed E-state index contributed by atoms with van der Waals surface area (Å²) in [5, 5.41) is 20.0. The van der Waals surface area contributed by atoms with Crippen LogP contribution in [0.5, 0.6) is 5.75 Å². The van der Waals surface area contributed by atoms with E-state index in [1.54, 1.807) is 11.8 Å². The molecule has 2 N–H and O–H groups in total. The first kappa shape index (κ1) is 31.0. The summed E-state index contributed by atoms with van der Waals surface area (Å²) >= 11 is 0. The highest BCUT2D eigenvalue weighted by Crippen LogP contribution is 2.30. The molecule has 6 nitrogen and oxygen atoms in total. The number of benzene rings is 3. The first-order valence-electron chi connectivity index (χ1n) is 14.9. The van der Waals surface area contributed by atoms with Crippen LogP contribution in [-0.2, 0) is 22.4 Å². The first-order chi connectivity index (χ1) is 20.6. The number of likely N-dealkylation sites (tertiary alicyclic amines) is 1. The van der Waals surface area contributed by atoms with E-state index in [1.807, 2.05) is 48.5 Å². The summed E-state index contributed by atoms with van der Waals surface area (Å²) in [6.07, 6.45) is 0.913. The predicted octanol–water partition coefficient (Wildman–Crippen LogP) is 5.52. The number of aliphatic hydroxyl groups excluding tert-OH is 2. The number of ether oxygens (including phenoxy) is 2. The number of hydrogen-bond acceptors (Lipinski definition) is 5. The molecule has 2 aliphatic heterocycles. The number of rotatable bonds is 9. The van der Waals surface area contributed by atoms with Gasteiger partial charge in [0.25, 0.3) is 0 Å². The maximum atomic E-state index is 14.0. The molecule has 3 aromatic carbocycles. The Morgan fingerprint density at radius 1 is 0.977 bits per heavy atom. The lowest BCUT2D eigenvalue weighted by Crippen LogP contribution is -2.42. The van der Waals surface area contributed by atoms with Crippen LogP contribution in [0.2, 0.25) is 0 Å². The minimum atomic E-state index is -1.22. The van der Waals surface area contributed by atoms with E-state index in [2.05, 4.69) is 0 Å². The van der Waals surface area contributed by atoms with Gasteiger partial charge in [-0.15, -0.1) is 0 Å². The zero-order chi connectivity index (χ0) is 30.5. The number of carbonyl (C=O) groups excluding carboxylic acids is 1. The summed E-state index contributed by atoms with van der Waals surface area (Å²) in [6.45, 7) is 3.13. The first-order valence-corrected chi connectivity index (χ1v) is 14.9. The normalized spacial score (nSPS) is 21.9. The highest BCUT2D eigenvalue weighted by molar-refractivity contribution is 5.76. The number of aliphatic hydroxyl groups is 2. The van der Waals surface area contributed by atoms with Crippen LogP contribution in [0.25, 0.3) is 0 Å². The Morgan fingerprint density at radius 3 is 2.42 bits per heavy atom. The zero-order valence-electron chi connectivity index (χ0n) is 24.2. The molecule has 43 heavy (non-hydrogen) atoms. The van der Waals surface area contributed by atoms with E-state index < -0.39 is 35.8 Å². The second-order valence-corrected chi connectivity index (χ2v) is 11.8. The minimum absolute atomic E-state index is 0.0132. The van der Waals surface area contributed by atoms with E-state index >= 15 is 0 Å². The molecule has 5 rings (SSSR count). The van der Waals surface area contributed by atoms with E-state index in [0.29, 0.717) is 44.8 Å². The Hall–Kier alpha value is -3.40. The zero-order valence-corrected chi connectivity index (χ0v) is 24.2. The van der Waals surface area contributed by atoms with Gasteiger partial charge in [0.05, 0.1) is 18.8 Å². The van der Waals surface area contributed by atoms with Crippen molar-refractivity contribution >= 4 is 5.91 Å². The van der Waals surface area contributed by atoms with Crippen molar-refractivity contribution in [3.8, 4) is 5.75 Å². The SMILES string of the molecule is C[C@@H](CC(=O)N1CCC(Oc2ccc(Cc3cccc([C@@H]4OC[C@@H](O)C[C@H]4O)c3)cc2)CC1)Cc1cc(F)c(F)cc1F. The molecule has 2 heterocycles.